The molecule has 0 aliphatic heterocycles. The molecule has 0 amide bonds. The molecule has 0 bridgehead atoms. The highest BCUT2D eigenvalue weighted by molar-refractivity contribution is 5.98. The molecule has 0 aliphatic carbocycles. The summed E-state index contributed by atoms with van der Waals surface area (Å²) in [6.45, 7) is 8.53. The van der Waals surface area contributed by atoms with Crippen molar-refractivity contribution in [2.24, 2.45) is 5.16 Å². The van der Waals surface area contributed by atoms with Crippen LogP contribution in [0.4, 0.5) is 0 Å². The number of hydrogen-bond donors (Lipinski definition) is 0. The van der Waals surface area contributed by atoms with Crippen LogP contribution >= 0.6 is 0 Å². The van der Waals surface area contributed by atoms with Gasteiger partial charge in [-0.3, -0.25) is 0 Å². The fourth-order valence-corrected chi connectivity index (χ4v) is 2.43. The van der Waals surface area contributed by atoms with Crippen LogP contribution in [0.15, 0.2) is 60.0 Å². The van der Waals surface area contributed by atoms with E-state index in [0.717, 1.165) is 22.2 Å². The zero-order chi connectivity index (χ0) is 17.2. The third-order valence-corrected chi connectivity index (χ3v) is 3.94. The first-order valence-electron chi connectivity index (χ1n) is 7.97. The Kier molecular flexibility index (Phi) is 4.30. The van der Waals surface area contributed by atoms with Crippen LogP contribution in [0.25, 0.3) is 10.9 Å². The Bertz CT molecular complexity index is 872. The van der Waals surface area contributed by atoms with Crippen LogP contribution in [0.1, 0.15) is 38.8 Å². The SMILES string of the molecule is C/C(=N\Oc1ncnc2ccccc12)c1ccc(C(C)(C)C)cc1. The molecule has 4 nitrogen and oxygen atoms in total. The molecule has 0 saturated carbocycles. The van der Waals surface area contributed by atoms with Crippen molar-refractivity contribution in [2.45, 2.75) is 33.1 Å². The third kappa shape index (κ3) is 3.43. The quantitative estimate of drug-likeness (QED) is 0.518. The number of oxime groups is 1. The van der Waals surface area contributed by atoms with Crippen LogP contribution in [0.2, 0.25) is 0 Å². The van der Waals surface area contributed by atoms with Crippen molar-refractivity contribution in [3.63, 3.8) is 0 Å². The summed E-state index contributed by atoms with van der Waals surface area (Å²) in [5, 5.41) is 5.08. The van der Waals surface area contributed by atoms with Gasteiger partial charge in [0.15, 0.2) is 0 Å². The van der Waals surface area contributed by atoms with Gasteiger partial charge in [0, 0.05) is 0 Å². The van der Waals surface area contributed by atoms with E-state index in [1.54, 1.807) is 0 Å². The van der Waals surface area contributed by atoms with Crippen LogP contribution < -0.4 is 4.84 Å². The van der Waals surface area contributed by atoms with Gasteiger partial charge in [0.25, 0.3) is 5.88 Å². The summed E-state index contributed by atoms with van der Waals surface area (Å²) in [6, 6.07) is 16.1. The van der Waals surface area contributed by atoms with Crippen molar-refractivity contribution in [1.29, 1.82) is 0 Å². The predicted molar refractivity (Wildman–Crippen MR) is 97.5 cm³/mol. The molecule has 0 unspecified atom stereocenters. The fraction of sp³-hybridized carbons (Fsp3) is 0.250. The van der Waals surface area contributed by atoms with Gasteiger partial charge in [-0.15, -0.1) is 0 Å². The number of fused-ring (bicyclic) bond motifs is 1. The molecular weight excluding hydrogens is 298 g/mol. The molecular formula is C20H21N3O. The minimum absolute atomic E-state index is 0.139. The lowest BCUT2D eigenvalue weighted by molar-refractivity contribution is 0.331. The Morgan fingerprint density at radius 2 is 1.67 bits per heavy atom. The second-order valence-corrected chi connectivity index (χ2v) is 6.79. The van der Waals surface area contributed by atoms with Crippen molar-refractivity contribution in [3.05, 3.63) is 66.0 Å². The van der Waals surface area contributed by atoms with Crippen molar-refractivity contribution >= 4 is 16.6 Å². The molecule has 0 aliphatic rings. The molecule has 24 heavy (non-hydrogen) atoms. The van der Waals surface area contributed by atoms with E-state index in [1.807, 2.05) is 31.2 Å². The number of rotatable bonds is 3. The first-order valence-corrected chi connectivity index (χ1v) is 7.97. The van der Waals surface area contributed by atoms with E-state index < -0.39 is 0 Å². The summed E-state index contributed by atoms with van der Waals surface area (Å²) in [5.74, 6) is 0.464. The van der Waals surface area contributed by atoms with Gasteiger partial charge in [-0.05, 0) is 35.6 Å². The minimum Gasteiger partial charge on any atom is -0.335 e. The van der Waals surface area contributed by atoms with Crippen molar-refractivity contribution in [2.75, 3.05) is 0 Å². The normalized spacial score (nSPS) is 12.4. The second-order valence-electron chi connectivity index (χ2n) is 6.79. The Labute approximate surface area is 142 Å². The molecule has 122 valence electrons. The van der Waals surface area contributed by atoms with Gasteiger partial charge in [-0.25, -0.2) is 4.98 Å². The molecule has 1 heterocycles. The molecule has 2 aromatic carbocycles. The third-order valence-electron chi connectivity index (χ3n) is 3.94. The smallest absolute Gasteiger partial charge is 0.259 e. The zero-order valence-electron chi connectivity index (χ0n) is 14.4. The van der Waals surface area contributed by atoms with E-state index >= 15 is 0 Å². The van der Waals surface area contributed by atoms with E-state index in [2.05, 4.69) is 60.2 Å². The summed E-state index contributed by atoms with van der Waals surface area (Å²) >= 11 is 0. The molecule has 1 aromatic heterocycles. The maximum absolute atomic E-state index is 5.57. The van der Waals surface area contributed by atoms with Gasteiger partial charge >= 0.3 is 0 Å². The topological polar surface area (TPSA) is 47.4 Å². The number of benzene rings is 2. The first-order chi connectivity index (χ1) is 11.4. The number of hydrogen-bond acceptors (Lipinski definition) is 4. The van der Waals surface area contributed by atoms with Gasteiger partial charge in [-0.2, -0.15) is 4.98 Å². The summed E-state index contributed by atoms with van der Waals surface area (Å²) in [5.41, 5.74) is 4.10. The fourth-order valence-electron chi connectivity index (χ4n) is 2.43. The highest BCUT2D eigenvalue weighted by atomic mass is 16.6. The summed E-state index contributed by atoms with van der Waals surface area (Å²) < 4.78 is 0. The van der Waals surface area contributed by atoms with Gasteiger partial charge < -0.3 is 4.84 Å². The summed E-state index contributed by atoms with van der Waals surface area (Å²) in [6.07, 6.45) is 1.49. The Balaban J connectivity index is 1.83. The maximum atomic E-state index is 5.57. The number of para-hydroxylation sites is 1. The largest absolute Gasteiger partial charge is 0.335 e. The zero-order valence-corrected chi connectivity index (χ0v) is 14.4. The van der Waals surface area contributed by atoms with Gasteiger partial charge in [0.2, 0.25) is 0 Å². The van der Waals surface area contributed by atoms with E-state index in [1.165, 1.54) is 11.9 Å². The molecule has 0 radical (unpaired) electrons. The summed E-state index contributed by atoms with van der Waals surface area (Å²) in [7, 11) is 0. The maximum Gasteiger partial charge on any atom is 0.259 e. The standard InChI is InChI=1S/C20H21N3O/c1-14(15-9-11-16(12-10-15)20(2,3)4)23-24-19-17-7-5-6-8-18(17)21-13-22-19/h5-13H,1-4H3/b23-14+. The monoisotopic (exact) mass is 319 g/mol. The van der Waals surface area contributed by atoms with Crippen LogP contribution in [-0.4, -0.2) is 15.7 Å². The number of aromatic nitrogens is 2. The van der Waals surface area contributed by atoms with Crippen molar-refractivity contribution in [1.82, 2.24) is 9.97 Å². The number of nitrogens with zero attached hydrogens (tertiary/aromatic N) is 3. The van der Waals surface area contributed by atoms with E-state index in [9.17, 15) is 0 Å². The molecule has 0 spiro atoms. The Hall–Kier alpha value is -2.75. The van der Waals surface area contributed by atoms with E-state index in [4.69, 9.17) is 4.84 Å². The molecule has 3 aromatic rings. The van der Waals surface area contributed by atoms with Crippen LogP contribution in [0.5, 0.6) is 5.88 Å². The second kappa shape index (κ2) is 6.40. The van der Waals surface area contributed by atoms with E-state index in [-0.39, 0.29) is 5.41 Å². The lowest BCUT2D eigenvalue weighted by Gasteiger charge is -2.19. The molecule has 3 rings (SSSR count). The summed E-state index contributed by atoms with van der Waals surface area (Å²) in [4.78, 5) is 14.0. The van der Waals surface area contributed by atoms with Crippen LogP contribution in [0, 0.1) is 0 Å². The highest BCUT2D eigenvalue weighted by Gasteiger charge is 2.13. The predicted octanol–water partition coefficient (Wildman–Crippen LogP) is 4.73. The molecule has 0 saturated heterocycles. The first kappa shape index (κ1) is 16.1. The van der Waals surface area contributed by atoms with Crippen molar-refractivity contribution < 1.29 is 4.84 Å². The molecule has 4 heteroatoms. The average Bonchev–Trinajstić information content (AvgIpc) is 2.59. The van der Waals surface area contributed by atoms with Crippen molar-refractivity contribution in [3.8, 4) is 5.88 Å². The van der Waals surface area contributed by atoms with Gasteiger partial charge in [0.05, 0.1) is 16.6 Å². The molecule has 0 N–H and O–H groups in total. The van der Waals surface area contributed by atoms with E-state index in [0.29, 0.717) is 5.88 Å². The lowest BCUT2D eigenvalue weighted by atomic mass is 9.86. The Morgan fingerprint density at radius 1 is 0.958 bits per heavy atom. The molecule has 0 fully saturated rings. The highest BCUT2D eigenvalue weighted by Crippen LogP contribution is 2.23. The van der Waals surface area contributed by atoms with Gasteiger partial charge in [-0.1, -0.05) is 62.3 Å². The minimum atomic E-state index is 0.139. The lowest BCUT2D eigenvalue weighted by Crippen LogP contribution is -2.11. The Morgan fingerprint density at radius 3 is 2.38 bits per heavy atom. The van der Waals surface area contributed by atoms with Crippen LogP contribution in [-0.2, 0) is 5.41 Å². The molecule has 0 atom stereocenters. The van der Waals surface area contributed by atoms with Gasteiger partial charge in [0.1, 0.15) is 6.33 Å². The van der Waals surface area contributed by atoms with Crippen LogP contribution in [0.3, 0.4) is 0 Å². The average molecular weight is 319 g/mol.